The van der Waals surface area contributed by atoms with Gasteiger partial charge in [-0.1, -0.05) is 0 Å². The summed E-state index contributed by atoms with van der Waals surface area (Å²) in [5.41, 5.74) is 0.405. The lowest BCUT2D eigenvalue weighted by Crippen LogP contribution is -2.10. The maximum absolute atomic E-state index is 14.1. The van der Waals surface area contributed by atoms with Gasteiger partial charge in [0.2, 0.25) is 0 Å². The highest BCUT2D eigenvalue weighted by Gasteiger charge is 2.35. The van der Waals surface area contributed by atoms with Gasteiger partial charge in [-0.3, -0.25) is 4.79 Å². The molecule has 1 aromatic rings. The van der Waals surface area contributed by atoms with Crippen molar-refractivity contribution >= 4 is 5.97 Å². The number of carboxylic acid groups (broad SMARTS) is 1. The third-order valence-electron chi connectivity index (χ3n) is 3.49. The molecule has 4 nitrogen and oxygen atoms in total. The minimum Gasteiger partial charge on any atom is -0.493 e. The smallest absolute Gasteiger partial charge is 0.303 e. The number of carboxylic acids is 1. The van der Waals surface area contributed by atoms with Gasteiger partial charge in [0, 0.05) is 12.0 Å². The number of hydrogen-bond donors (Lipinski definition) is 1. The summed E-state index contributed by atoms with van der Waals surface area (Å²) in [6.45, 7) is 0. The second-order valence-corrected chi connectivity index (χ2v) is 4.77. The van der Waals surface area contributed by atoms with Crippen molar-refractivity contribution in [1.82, 2.24) is 0 Å². The molecule has 1 atom stereocenters. The Morgan fingerprint density at radius 3 is 2.42 bits per heavy atom. The number of methoxy groups -OCH3 is 2. The third-order valence-corrected chi connectivity index (χ3v) is 3.49. The van der Waals surface area contributed by atoms with Crippen LogP contribution in [0, 0.1) is 11.7 Å². The maximum atomic E-state index is 14.1. The van der Waals surface area contributed by atoms with Crippen molar-refractivity contribution in [2.75, 3.05) is 14.2 Å². The normalized spacial score (nSPS) is 15.9. The minimum absolute atomic E-state index is 0.0585. The summed E-state index contributed by atoms with van der Waals surface area (Å²) in [5.74, 6) is -0.647. The first-order valence-corrected chi connectivity index (χ1v) is 6.20. The number of hydrogen-bond acceptors (Lipinski definition) is 3. The highest BCUT2D eigenvalue weighted by molar-refractivity contribution is 5.68. The summed E-state index contributed by atoms with van der Waals surface area (Å²) < 4.78 is 24.3. The van der Waals surface area contributed by atoms with E-state index >= 15 is 0 Å². The van der Waals surface area contributed by atoms with Crippen molar-refractivity contribution in [2.24, 2.45) is 5.92 Å². The Hall–Kier alpha value is -1.78. The van der Waals surface area contributed by atoms with Crippen molar-refractivity contribution in [2.45, 2.75) is 25.2 Å². The zero-order chi connectivity index (χ0) is 14.0. The Balaban J connectivity index is 2.38. The lowest BCUT2D eigenvalue weighted by molar-refractivity contribution is -0.137. The molecule has 1 aliphatic rings. The predicted octanol–water partition coefficient (Wildman–Crippen LogP) is 2.81. The lowest BCUT2D eigenvalue weighted by atomic mass is 9.90. The summed E-state index contributed by atoms with van der Waals surface area (Å²) >= 11 is 0. The molecule has 0 bridgehead atoms. The molecule has 0 amide bonds. The van der Waals surface area contributed by atoms with Gasteiger partial charge in [-0.25, -0.2) is 4.39 Å². The van der Waals surface area contributed by atoms with Gasteiger partial charge < -0.3 is 14.6 Å². The van der Waals surface area contributed by atoms with E-state index in [4.69, 9.17) is 14.6 Å². The Morgan fingerprint density at radius 2 is 1.95 bits per heavy atom. The van der Waals surface area contributed by atoms with E-state index in [9.17, 15) is 9.18 Å². The van der Waals surface area contributed by atoms with Crippen LogP contribution in [0.25, 0.3) is 0 Å². The van der Waals surface area contributed by atoms with Gasteiger partial charge in [-0.05, 0) is 30.4 Å². The summed E-state index contributed by atoms with van der Waals surface area (Å²) in [6, 6.07) is 2.81. The maximum Gasteiger partial charge on any atom is 0.303 e. The fourth-order valence-electron chi connectivity index (χ4n) is 2.37. The molecule has 1 saturated carbocycles. The molecular formula is C14H17FO4. The first-order chi connectivity index (χ1) is 9.06. The van der Waals surface area contributed by atoms with E-state index in [-0.39, 0.29) is 18.3 Å². The fraction of sp³-hybridized carbons (Fsp3) is 0.500. The van der Waals surface area contributed by atoms with E-state index in [0.717, 1.165) is 12.8 Å². The van der Waals surface area contributed by atoms with Crippen molar-refractivity contribution in [3.8, 4) is 11.5 Å². The molecule has 5 heteroatoms. The number of aliphatic carboxylic acids is 1. The topological polar surface area (TPSA) is 55.8 Å². The average molecular weight is 268 g/mol. The van der Waals surface area contributed by atoms with Crippen molar-refractivity contribution < 1.29 is 23.8 Å². The van der Waals surface area contributed by atoms with Gasteiger partial charge >= 0.3 is 5.97 Å². The van der Waals surface area contributed by atoms with Crippen LogP contribution >= 0.6 is 0 Å². The molecule has 0 spiro atoms. The Morgan fingerprint density at radius 1 is 1.37 bits per heavy atom. The molecule has 1 aliphatic carbocycles. The molecule has 1 N–H and O–H groups in total. The predicted molar refractivity (Wildman–Crippen MR) is 67.2 cm³/mol. The second-order valence-electron chi connectivity index (χ2n) is 4.77. The molecule has 0 heterocycles. The number of benzene rings is 1. The number of rotatable bonds is 6. The first-order valence-electron chi connectivity index (χ1n) is 6.20. The van der Waals surface area contributed by atoms with E-state index in [2.05, 4.69) is 0 Å². The largest absolute Gasteiger partial charge is 0.493 e. The average Bonchev–Trinajstić information content (AvgIpc) is 3.20. The van der Waals surface area contributed by atoms with Crippen LogP contribution in [0.15, 0.2) is 12.1 Å². The van der Waals surface area contributed by atoms with Crippen LogP contribution < -0.4 is 9.47 Å². The van der Waals surface area contributed by atoms with Crippen LogP contribution in [0.3, 0.4) is 0 Å². The fourth-order valence-corrected chi connectivity index (χ4v) is 2.37. The minimum atomic E-state index is -0.911. The van der Waals surface area contributed by atoms with E-state index < -0.39 is 11.8 Å². The van der Waals surface area contributed by atoms with Crippen molar-refractivity contribution in [3.63, 3.8) is 0 Å². The lowest BCUT2D eigenvalue weighted by Gasteiger charge is -2.18. The summed E-state index contributed by atoms with van der Waals surface area (Å²) in [4.78, 5) is 10.9. The molecule has 104 valence electrons. The Bertz CT molecular complexity index is 483. The zero-order valence-corrected chi connectivity index (χ0v) is 11.0. The number of ether oxygens (including phenoxy) is 2. The zero-order valence-electron chi connectivity index (χ0n) is 11.0. The van der Waals surface area contributed by atoms with Crippen LogP contribution in [0.5, 0.6) is 11.5 Å². The molecule has 2 rings (SSSR count). The molecular weight excluding hydrogens is 251 g/mol. The number of carbonyl (C=O) groups is 1. The highest BCUT2D eigenvalue weighted by atomic mass is 19.1. The molecule has 1 aromatic carbocycles. The summed E-state index contributed by atoms with van der Waals surface area (Å²) in [5, 5.41) is 8.96. The molecule has 1 unspecified atom stereocenters. The standard InChI is InChI=1S/C14H17FO4/c1-18-12-5-10(11(15)7-13(12)19-2)9(6-14(16)17)8-3-4-8/h5,7-9H,3-4,6H2,1-2H3,(H,16,17). The second kappa shape index (κ2) is 5.47. The van der Waals surface area contributed by atoms with Crippen LogP contribution in [-0.4, -0.2) is 25.3 Å². The van der Waals surface area contributed by atoms with E-state index in [1.165, 1.54) is 20.3 Å². The van der Waals surface area contributed by atoms with Crippen LogP contribution in [-0.2, 0) is 4.79 Å². The van der Waals surface area contributed by atoms with Gasteiger partial charge in [-0.15, -0.1) is 0 Å². The van der Waals surface area contributed by atoms with Crippen LogP contribution in [0.2, 0.25) is 0 Å². The third kappa shape index (κ3) is 2.97. The van der Waals surface area contributed by atoms with Crippen molar-refractivity contribution in [1.29, 1.82) is 0 Å². The SMILES string of the molecule is COc1cc(F)c(C(CC(=O)O)C2CC2)cc1OC. The molecule has 1 fully saturated rings. The van der Waals surface area contributed by atoms with Gasteiger partial charge in [0.05, 0.1) is 20.6 Å². The van der Waals surface area contributed by atoms with E-state index in [0.29, 0.717) is 17.1 Å². The Labute approximate surface area is 111 Å². The summed E-state index contributed by atoms with van der Waals surface area (Å²) in [7, 11) is 2.91. The molecule has 19 heavy (non-hydrogen) atoms. The monoisotopic (exact) mass is 268 g/mol. The van der Waals surface area contributed by atoms with Crippen LogP contribution in [0.4, 0.5) is 4.39 Å². The molecule has 0 aromatic heterocycles. The molecule has 0 aliphatic heterocycles. The van der Waals surface area contributed by atoms with Gasteiger partial charge in [0.25, 0.3) is 0 Å². The molecule has 0 radical (unpaired) electrons. The van der Waals surface area contributed by atoms with Crippen LogP contribution in [0.1, 0.15) is 30.7 Å². The summed E-state index contributed by atoms with van der Waals surface area (Å²) in [6.07, 6.45) is 1.84. The highest BCUT2D eigenvalue weighted by Crippen LogP contribution is 2.46. The quantitative estimate of drug-likeness (QED) is 0.862. The Kier molecular flexibility index (Phi) is 3.93. The van der Waals surface area contributed by atoms with E-state index in [1.54, 1.807) is 6.07 Å². The van der Waals surface area contributed by atoms with Gasteiger partial charge in [0.15, 0.2) is 11.5 Å². The number of halogens is 1. The van der Waals surface area contributed by atoms with E-state index in [1.807, 2.05) is 0 Å². The molecule has 0 saturated heterocycles. The first kappa shape index (κ1) is 13.6. The van der Waals surface area contributed by atoms with Gasteiger partial charge in [0.1, 0.15) is 5.82 Å². The van der Waals surface area contributed by atoms with Gasteiger partial charge in [-0.2, -0.15) is 0 Å². The van der Waals surface area contributed by atoms with Crippen molar-refractivity contribution in [3.05, 3.63) is 23.5 Å².